The minimum atomic E-state index is -3.35. The van der Waals surface area contributed by atoms with Crippen molar-refractivity contribution in [3.8, 4) is 0 Å². The Bertz CT molecular complexity index is 410. The topological polar surface area (TPSA) is 55.4 Å². The molecule has 1 aromatic carbocycles. The van der Waals surface area contributed by atoms with Gasteiger partial charge in [-0.05, 0) is 12.1 Å². The number of ether oxygens (including phenoxy) is 1. The van der Waals surface area contributed by atoms with Crippen LogP contribution < -0.4 is 5.32 Å². The van der Waals surface area contributed by atoms with Gasteiger partial charge < -0.3 is 10.1 Å². The van der Waals surface area contributed by atoms with Crippen LogP contribution in [0.3, 0.4) is 0 Å². The van der Waals surface area contributed by atoms with Crippen LogP contribution in [0.1, 0.15) is 0 Å². The molecule has 0 aromatic heterocycles. The van der Waals surface area contributed by atoms with E-state index in [2.05, 4.69) is 5.32 Å². The molecular formula is C10H13NO3S. The minimum Gasteiger partial charge on any atom is -0.359 e. The summed E-state index contributed by atoms with van der Waals surface area (Å²) in [6.07, 6.45) is 0. The maximum atomic E-state index is 12.0. The zero-order valence-corrected chi connectivity index (χ0v) is 9.03. The molecule has 0 saturated carbocycles. The molecule has 1 heterocycles. The predicted molar refractivity (Wildman–Crippen MR) is 56.2 cm³/mol. The molecular weight excluding hydrogens is 214 g/mol. The lowest BCUT2D eigenvalue weighted by atomic mass is 10.4. The van der Waals surface area contributed by atoms with Crippen molar-refractivity contribution in [2.75, 3.05) is 19.7 Å². The van der Waals surface area contributed by atoms with Crippen LogP contribution >= 0.6 is 0 Å². The molecule has 1 aliphatic rings. The minimum absolute atomic E-state index is 0.318. The number of morpholine rings is 1. The summed E-state index contributed by atoms with van der Waals surface area (Å²) in [7, 11) is -3.35. The van der Waals surface area contributed by atoms with Crippen LogP contribution in [0.25, 0.3) is 0 Å². The van der Waals surface area contributed by atoms with Crippen molar-refractivity contribution < 1.29 is 13.2 Å². The molecule has 4 nitrogen and oxygen atoms in total. The highest BCUT2D eigenvalue weighted by Gasteiger charge is 2.29. The Kier molecular flexibility index (Phi) is 3.04. The second kappa shape index (κ2) is 4.30. The monoisotopic (exact) mass is 227 g/mol. The van der Waals surface area contributed by atoms with Gasteiger partial charge in [-0.15, -0.1) is 0 Å². The first-order valence-electron chi connectivity index (χ1n) is 4.82. The third kappa shape index (κ3) is 2.19. The fourth-order valence-electron chi connectivity index (χ4n) is 1.50. The van der Waals surface area contributed by atoms with E-state index >= 15 is 0 Å². The summed E-state index contributed by atoms with van der Waals surface area (Å²) in [6.45, 7) is 1.51. The first-order valence-corrected chi connectivity index (χ1v) is 6.37. The predicted octanol–water partition coefficient (Wildman–Crippen LogP) is 0.406. The number of benzene rings is 1. The van der Waals surface area contributed by atoms with Gasteiger partial charge >= 0.3 is 0 Å². The number of sulfone groups is 1. The van der Waals surface area contributed by atoms with Gasteiger partial charge in [-0.2, -0.15) is 0 Å². The van der Waals surface area contributed by atoms with Gasteiger partial charge in [0.2, 0.25) is 9.84 Å². The van der Waals surface area contributed by atoms with Crippen molar-refractivity contribution in [3.63, 3.8) is 0 Å². The van der Waals surface area contributed by atoms with E-state index in [0.29, 0.717) is 24.6 Å². The molecule has 0 aliphatic carbocycles. The van der Waals surface area contributed by atoms with Crippen LogP contribution in [-0.2, 0) is 14.6 Å². The van der Waals surface area contributed by atoms with Crippen molar-refractivity contribution in [3.05, 3.63) is 30.3 Å². The molecule has 1 unspecified atom stereocenters. The van der Waals surface area contributed by atoms with Gasteiger partial charge in [0.15, 0.2) is 5.44 Å². The zero-order valence-electron chi connectivity index (χ0n) is 8.22. The van der Waals surface area contributed by atoms with Crippen LogP contribution in [0.2, 0.25) is 0 Å². The number of rotatable bonds is 2. The molecule has 0 spiro atoms. The van der Waals surface area contributed by atoms with Crippen LogP contribution in [0, 0.1) is 0 Å². The van der Waals surface area contributed by atoms with Gasteiger partial charge in [0, 0.05) is 13.1 Å². The molecule has 1 N–H and O–H groups in total. The SMILES string of the molecule is O=S(=O)(c1ccccc1)C1CNCCO1. The Morgan fingerprint density at radius 1 is 1.27 bits per heavy atom. The highest BCUT2D eigenvalue weighted by atomic mass is 32.2. The molecule has 1 atom stereocenters. The zero-order chi connectivity index (χ0) is 10.7. The Morgan fingerprint density at radius 3 is 2.60 bits per heavy atom. The quantitative estimate of drug-likeness (QED) is 0.795. The lowest BCUT2D eigenvalue weighted by molar-refractivity contribution is 0.0785. The van der Waals surface area contributed by atoms with E-state index < -0.39 is 15.3 Å². The average molecular weight is 227 g/mol. The van der Waals surface area contributed by atoms with Gasteiger partial charge in [-0.25, -0.2) is 8.42 Å². The maximum absolute atomic E-state index is 12.0. The molecule has 0 radical (unpaired) electrons. The lowest BCUT2D eigenvalue weighted by Crippen LogP contribution is -2.42. The first-order chi connectivity index (χ1) is 7.21. The van der Waals surface area contributed by atoms with Crippen molar-refractivity contribution in [1.82, 2.24) is 5.32 Å². The Morgan fingerprint density at radius 2 is 2.00 bits per heavy atom. The van der Waals surface area contributed by atoms with Crippen LogP contribution in [0.5, 0.6) is 0 Å². The third-order valence-corrected chi connectivity index (χ3v) is 4.24. The van der Waals surface area contributed by atoms with E-state index in [1.165, 1.54) is 0 Å². The van der Waals surface area contributed by atoms with Gasteiger partial charge in [0.1, 0.15) is 0 Å². The molecule has 1 aromatic rings. The van der Waals surface area contributed by atoms with E-state index in [9.17, 15) is 8.42 Å². The second-order valence-corrected chi connectivity index (χ2v) is 5.45. The van der Waals surface area contributed by atoms with Gasteiger partial charge in [0.05, 0.1) is 11.5 Å². The highest BCUT2D eigenvalue weighted by molar-refractivity contribution is 7.92. The summed E-state index contributed by atoms with van der Waals surface area (Å²) in [6, 6.07) is 8.39. The van der Waals surface area contributed by atoms with Gasteiger partial charge in [-0.1, -0.05) is 18.2 Å². The van der Waals surface area contributed by atoms with Gasteiger partial charge in [0.25, 0.3) is 0 Å². The van der Waals surface area contributed by atoms with E-state index in [1.807, 2.05) is 0 Å². The Hall–Kier alpha value is -0.910. The number of hydrogen-bond donors (Lipinski definition) is 1. The fourth-order valence-corrected chi connectivity index (χ4v) is 2.96. The molecule has 1 fully saturated rings. The van der Waals surface area contributed by atoms with Gasteiger partial charge in [-0.3, -0.25) is 0 Å². The molecule has 0 amide bonds. The lowest BCUT2D eigenvalue weighted by Gasteiger charge is -2.23. The van der Waals surface area contributed by atoms with E-state index in [-0.39, 0.29) is 0 Å². The highest BCUT2D eigenvalue weighted by Crippen LogP contribution is 2.17. The Balaban J connectivity index is 2.26. The van der Waals surface area contributed by atoms with E-state index in [4.69, 9.17) is 4.74 Å². The summed E-state index contributed by atoms with van der Waals surface area (Å²) >= 11 is 0. The molecule has 2 rings (SSSR count). The molecule has 15 heavy (non-hydrogen) atoms. The number of nitrogens with one attached hydrogen (secondary N) is 1. The largest absolute Gasteiger partial charge is 0.359 e. The van der Waals surface area contributed by atoms with Crippen molar-refractivity contribution in [2.24, 2.45) is 0 Å². The van der Waals surface area contributed by atoms with Crippen molar-refractivity contribution in [1.29, 1.82) is 0 Å². The maximum Gasteiger partial charge on any atom is 0.206 e. The van der Waals surface area contributed by atoms with Crippen molar-refractivity contribution in [2.45, 2.75) is 10.3 Å². The average Bonchev–Trinajstić information content (AvgIpc) is 2.31. The molecule has 1 saturated heterocycles. The molecule has 0 bridgehead atoms. The van der Waals surface area contributed by atoms with E-state index in [1.54, 1.807) is 30.3 Å². The third-order valence-electron chi connectivity index (χ3n) is 2.31. The number of hydrogen-bond acceptors (Lipinski definition) is 4. The summed E-state index contributed by atoms with van der Waals surface area (Å²) in [4.78, 5) is 0.318. The smallest absolute Gasteiger partial charge is 0.206 e. The summed E-state index contributed by atoms with van der Waals surface area (Å²) in [5, 5.41) is 3.01. The van der Waals surface area contributed by atoms with Crippen molar-refractivity contribution >= 4 is 9.84 Å². The van der Waals surface area contributed by atoms with E-state index in [0.717, 1.165) is 0 Å². The second-order valence-electron chi connectivity index (χ2n) is 3.36. The summed E-state index contributed by atoms with van der Waals surface area (Å²) in [5.74, 6) is 0. The van der Waals surface area contributed by atoms with Crippen LogP contribution in [0.4, 0.5) is 0 Å². The standard InChI is InChI=1S/C10H13NO3S/c12-15(13,9-4-2-1-3-5-9)10-8-11-6-7-14-10/h1-5,10-11H,6-8H2. The normalized spacial score (nSPS) is 22.5. The molecule has 5 heteroatoms. The van der Waals surface area contributed by atoms with Crippen LogP contribution in [-0.4, -0.2) is 33.6 Å². The molecule has 1 aliphatic heterocycles. The summed E-state index contributed by atoms with van der Waals surface area (Å²) < 4.78 is 29.3. The van der Waals surface area contributed by atoms with Crippen LogP contribution in [0.15, 0.2) is 35.2 Å². The molecule has 82 valence electrons. The fraction of sp³-hybridized carbons (Fsp3) is 0.400. The Labute approximate surface area is 89.2 Å². The first kappa shape index (κ1) is 10.6. The summed E-state index contributed by atoms with van der Waals surface area (Å²) in [5.41, 5.74) is -0.756.